The summed E-state index contributed by atoms with van der Waals surface area (Å²) in [6, 6.07) is 24.4. The molecule has 0 heterocycles. The maximum atomic E-state index is 12.3. The number of carbonyl (C=O) groups is 2. The van der Waals surface area contributed by atoms with Crippen LogP contribution in [-0.2, 0) is 16.0 Å². The molecule has 160 valence electrons. The average Bonchev–Trinajstić information content (AvgIpc) is 2.76. The van der Waals surface area contributed by atoms with Gasteiger partial charge in [-0.3, -0.25) is 14.5 Å². The Morgan fingerprint density at radius 3 is 2.03 bits per heavy atom. The van der Waals surface area contributed by atoms with Gasteiger partial charge in [-0.2, -0.15) is 0 Å². The number of likely N-dealkylation sites (N-methyl/N-ethyl adjacent to an activating group) is 1. The molecule has 0 atom stereocenters. The van der Waals surface area contributed by atoms with Crippen molar-refractivity contribution in [3.63, 3.8) is 0 Å². The third-order valence-corrected chi connectivity index (χ3v) is 4.62. The largest absolute Gasteiger partial charge is 0.457 e. The number of amides is 2. The molecule has 0 aromatic heterocycles. The van der Waals surface area contributed by atoms with Gasteiger partial charge in [0.1, 0.15) is 11.5 Å². The highest BCUT2D eigenvalue weighted by Gasteiger charge is 2.12. The molecule has 6 heteroatoms. The number of nitrogens with zero attached hydrogens (tertiary/aromatic N) is 1. The van der Waals surface area contributed by atoms with E-state index >= 15 is 0 Å². The zero-order valence-corrected chi connectivity index (χ0v) is 17.8. The second kappa shape index (κ2) is 10.9. The number of hydrogen-bond acceptors (Lipinski definition) is 4. The predicted octanol–water partition coefficient (Wildman–Crippen LogP) is 4.55. The monoisotopic (exact) mass is 417 g/mol. The van der Waals surface area contributed by atoms with Gasteiger partial charge >= 0.3 is 0 Å². The zero-order chi connectivity index (χ0) is 22.1. The fourth-order valence-electron chi connectivity index (χ4n) is 3.12. The lowest BCUT2D eigenvalue weighted by Crippen LogP contribution is -2.36. The van der Waals surface area contributed by atoms with Crippen molar-refractivity contribution in [3.05, 3.63) is 84.4 Å². The fourth-order valence-corrected chi connectivity index (χ4v) is 3.12. The summed E-state index contributed by atoms with van der Waals surface area (Å²) in [5.74, 6) is 1.09. The molecule has 0 radical (unpaired) electrons. The average molecular weight is 418 g/mol. The van der Waals surface area contributed by atoms with Gasteiger partial charge in [-0.05, 0) is 61.5 Å². The first-order chi connectivity index (χ1) is 15.0. The quantitative estimate of drug-likeness (QED) is 0.536. The first-order valence-corrected chi connectivity index (χ1v) is 10.2. The Bertz CT molecular complexity index is 1000. The van der Waals surface area contributed by atoms with E-state index in [1.165, 1.54) is 0 Å². The third-order valence-electron chi connectivity index (χ3n) is 4.62. The lowest BCUT2D eigenvalue weighted by atomic mass is 10.1. The van der Waals surface area contributed by atoms with Gasteiger partial charge in [-0.1, -0.05) is 43.3 Å². The summed E-state index contributed by atoms with van der Waals surface area (Å²) in [4.78, 5) is 26.3. The molecule has 0 unspecified atom stereocenters. The minimum Gasteiger partial charge on any atom is -0.457 e. The summed E-state index contributed by atoms with van der Waals surface area (Å²) in [6.45, 7) is 2.27. The molecule has 0 aliphatic heterocycles. The van der Waals surface area contributed by atoms with Gasteiger partial charge in [0.2, 0.25) is 11.8 Å². The molecule has 0 saturated heterocycles. The van der Waals surface area contributed by atoms with Crippen molar-refractivity contribution < 1.29 is 14.3 Å². The Balaban J connectivity index is 1.45. The van der Waals surface area contributed by atoms with Crippen LogP contribution in [0.2, 0.25) is 0 Å². The molecule has 0 saturated carbocycles. The molecule has 3 aromatic carbocycles. The second-order valence-electron chi connectivity index (χ2n) is 7.22. The summed E-state index contributed by atoms with van der Waals surface area (Å²) in [6.07, 6.45) is 0.837. The summed E-state index contributed by atoms with van der Waals surface area (Å²) < 4.78 is 5.75. The summed E-state index contributed by atoms with van der Waals surface area (Å²) in [5.41, 5.74) is 2.56. The van der Waals surface area contributed by atoms with Gasteiger partial charge in [0.05, 0.1) is 13.1 Å². The Morgan fingerprint density at radius 2 is 1.35 bits per heavy atom. The number of aryl methyl sites for hydroxylation is 1. The standard InChI is InChI=1S/C25H27N3O3/c1-3-19-9-7-8-12-23(19)27-25(30)18-28(2)17-24(29)26-20-13-15-22(16-14-20)31-21-10-5-4-6-11-21/h4-16H,3,17-18H2,1-2H3,(H,26,29)(H,27,30). The van der Waals surface area contributed by atoms with Gasteiger partial charge in [0, 0.05) is 11.4 Å². The van der Waals surface area contributed by atoms with Crippen molar-refractivity contribution in [1.29, 1.82) is 0 Å². The fraction of sp³-hybridized carbons (Fsp3) is 0.200. The maximum absolute atomic E-state index is 12.3. The molecule has 3 aromatic rings. The van der Waals surface area contributed by atoms with E-state index in [0.29, 0.717) is 11.4 Å². The normalized spacial score (nSPS) is 10.5. The lowest BCUT2D eigenvalue weighted by Gasteiger charge is -2.17. The lowest BCUT2D eigenvalue weighted by molar-refractivity contribution is -0.119. The van der Waals surface area contributed by atoms with Crippen molar-refractivity contribution in [3.8, 4) is 11.5 Å². The highest BCUT2D eigenvalue weighted by Crippen LogP contribution is 2.22. The van der Waals surface area contributed by atoms with Gasteiger partial charge in [-0.15, -0.1) is 0 Å². The van der Waals surface area contributed by atoms with Crippen LogP contribution in [0.5, 0.6) is 11.5 Å². The smallest absolute Gasteiger partial charge is 0.238 e. The highest BCUT2D eigenvalue weighted by molar-refractivity contribution is 5.95. The van der Waals surface area contributed by atoms with Crippen LogP contribution < -0.4 is 15.4 Å². The van der Waals surface area contributed by atoms with Gasteiger partial charge in [-0.25, -0.2) is 0 Å². The first-order valence-electron chi connectivity index (χ1n) is 10.2. The van der Waals surface area contributed by atoms with E-state index in [1.807, 2.05) is 61.5 Å². The first kappa shape index (κ1) is 22.1. The van der Waals surface area contributed by atoms with Crippen LogP contribution in [0.3, 0.4) is 0 Å². The van der Waals surface area contributed by atoms with Gasteiger partial charge in [0.25, 0.3) is 0 Å². The molecule has 0 bridgehead atoms. The number of para-hydroxylation sites is 2. The molecule has 0 fully saturated rings. The van der Waals surface area contributed by atoms with E-state index in [2.05, 4.69) is 10.6 Å². The van der Waals surface area contributed by atoms with Crippen LogP contribution in [-0.4, -0.2) is 36.9 Å². The van der Waals surface area contributed by atoms with Crippen molar-refractivity contribution in [2.75, 3.05) is 30.8 Å². The van der Waals surface area contributed by atoms with Gasteiger partial charge in [0.15, 0.2) is 0 Å². The molecule has 0 aliphatic carbocycles. The van der Waals surface area contributed by atoms with E-state index in [1.54, 1.807) is 36.2 Å². The van der Waals surface area contributed by atoms with E-state index in [0.717, 1.165) is 23.4 Å². The molecule has 31 heavy (non-hydrogen) atoms. The SMILES string of the molecule is CCc1ccccc1NC(=O)CN(C)CC(=O)Nc1ccc(Oc2ccccc2)cc1. The molecule has 2 N–H and O–H groups in total. The summed E-state index contributed by atoms with van der Waals surface area (Å²) in [7, 11) is 1.74. The number of hydrogen-bond donors (Lipinski definition) is 2. The zero-order valence-electron chi connectivity index (χ0n) is 17.8. The van der Waals surface area contributed by atoms with E-state index in [9.17, 15) is 9.59 Å². The number of nitrogens with one attached hydrogen (secondary N) is 2. The Labute approximate surface area is 182 Å². The van der Waals surface area contributed by atoms with Crippen LogP contribution in [0.4, 0.5) is 11.4 Å². The molecular formula is C25H27N3O3. The van der Waals surface area contributed by atoms with Crippen LogP contribution in [0.25, 0.3) is 0 Å². The number of benzene rings is 3. The number of rotatable bonds is 9. The molecule has 3 rings (SSSR count). The Morgan fingerprint density at radius 1 is 0.774 bits per heavy atom. The summed E-state index contributed by atoms with van der Waals surface area (Å²) >= 11 is 0. The number of carbonyl (C=O) groups excluding carboxylic acids is 2. The van der Waals surface area contributed by atoms with Crippen molar-refractivity contribution in [1.82, 2.24) is 4.90 Å². The molecular weight excluding hydrogens is 390 g/mol. The van der Waals surface area contributed by atoms with Crippen LogP contribution in [0.1, 0.15) is 12.5 Å². The van der Waals surface area contributed by atoms with E-state index in [-0.39, 0.29) is 24.9 Å². The van der Waals surface area contributed by atoms with Crippen LogP contribution >= 0.6 is 0 Å². The topological polar surface area (TPSA) is 70.7 Å². The van der Waals surface area contributed by atoms with Crippen LogP contribution in [0, 0.1) is 0 Å². The molecule has 2 amide bonds. The van der Waals surface area contributed by atoms with Gasteiger partial charge < -0.3 is 15.4 Å². The van der Waals surface area contributed by atoms with Crippen molar-refractivity contribution in [2.24, 2.45) is 0 Å². The van der Waals surface area contributed by atoms with Crippen molar-refractivity contribution >= 4 is 23.2 Å². The second-order valence-corrected chi connectivity index (χ2v) is 7.22. The minimum absolute atomic E-state index is 0.102. The van der Waals surface area contributed by atoms with Crippen LogP contribution in [0.15, 0.2) is 78.9 Å². The van der Waals surface area contributed by atoms with Crippen molar-refractivity contribution in [2.45, 2.75) is 13.3 Å². The molecule has 0 spiro atoms. The molecule has 0 aliphatic rings. The number of ether oxygens (including phenoxy) is 1. The maximum Gasteiger partial charge on any atom is 0.238 e. The Kier molecular flexibility index (Phi) is 7.79. The Hall–Kier alpha value is -3.64. The highest BCUT2D eigenvalue weighted by atomic mass is 16.5. The predicted molar refractivity (Wildman–Crippen MR) is 124 cm³/mol. The number of anilines is 2. The van der Waals surface area contributed by atoms with E-state index in [4.69, 9.17) is 4.74 Å². The third kappa shape index (κ3) is 6.97. The minimum atomic E-state index is -0.194. The van der Waals surface area contributed by atoms with E-state index < -0.39 is 0 Å². The summed E-state index contributed by atoms with van der Waals surface area (Å²) in [5, 5.41) is 5.75. The molecule has 6 nitrogen and oxygen atoms in total.